The minimum absolute atomic E-state index is 0.205. The molecule has 0 bridgehead atoms. The van der Waals surface area contributed by atoms with E-state index in [2.05, 4.69) is 6.07 Å². The van der Waals surface area contributed by atoms with Gasteiger partial charge in [0.2, 0.25) is 0 Å². The van der Waals surface area contributed by atoms with Gasteiger partial charge >= 0.3 is 0 Å². The second-order valence-electron chi connectivity index (χ2n) is 3.88. The highest BCUT2D eigenvalue weighted by Crippen LogP contribution is 2.33. The van der Waals surface area contributed by atoms with E-state index < -0.39 is 0 Å². The van der Waals surface area contributed by atoms with Crippen molar-refractivity contribution in [1.82, 2.24) is 0 Å². The Morgan fingerprint density at radius 3 is 2.73 bits per heavy atom. The summed E-state index contributed by atoms with van der Waals surface area (Å²) < 4.78 is 0. The smallest absolute Gasteiger partial charge is 0.258 e. The van der Waals surface area contributed by atoms with Crippen LogP contribution < -0.4 is 0 Å². The predicted molar refractivity (Wildman–Crippen MR) is 58.0 cm³/mol. The third kappa shape index (κ3) is 1.13. The zero-order valence-electron chi connectivity index (χ0n) is 8.06. The van der Waals surface area contributed by atoms with E-state index >= 15 is 0 Å². The van der Waals surface area contributed by atoms with Crippen LogP contribution in [0.3, 0.4) is 0 Å². The number of hydrogen-bond acceptors (Lipinski definition) is 2. The molecule has 3 nitrogen and oxygen atoms in total. The lowest BCUT2D eigenvalue weighted by Crippen LogP contribution is -1.89. The van der Waals surface area contributed by atoms with Crippen LogP contribution in [0.4, 0.5) is 5.69 Å². The minimum atomic E-state index is -0.319. The first-order chi connectivity index (χ1) is 7.25. The van der Waals surface area contributed by atoms with Crippen molar-refractivity contribution in [2.24, 2.45) is 0 Å². The van der Waals surface area contributed by atoms with E-state index in [0.717, 1.165) is 23.8 Å². The predicted octanol–water partition coefficient (Wildman–Crippen LogP) is 2.85. The molecule has 0 radical (unpaired) electrons. The molecule has 0 amide bonds. The zero-order valence-corrected chi connectivity index (χ0v) is 8.06. The van der Waals surface area contributed by atoms with Crippen LogP contribution in [0.1, 0.15) is 11.1 Å². The Bertz CT molecular complexity index is 575. The van der Waals surface area contributed by atoms with Crippen LogP contribution in [0.5, 0.6) is 0 Å². The highest BCUT2D eigenvalue weighted by molar-refractivity contribution is 5.92. The molecule has 0 aromatic heterocycles. The number of nitro groups is 1. The van der Waals surface area contributed by atoms with Gasteiger partial charge in [-0.1, -0.05) is 18.2 Å². The molecular formula is C12H9NO2. The maximum atomic E-state index is 10.7. The summed E-state index contributed by atoms with van der Waals surface area (Å²) in [5, 5.41) is 13.0. The molecular weight excluding hydrogens is 190 g/mol. The summed E-state index contributed by atoms with van der Waals surface area (Å²) in [5.74, 6) is 0. The number of aryl methyl sites for hydroxylation is 2. The van der Waals surface area contributed by atoms with Crippen molar-refractivity contribution < 1.29 is 4.92 Å². The summed E-state index contributed by atoms with van der Waals surface area (Å²) in [7, 11) is 0. The Morgan fingerprint density at radius 1 is 1.13 bits per heavy atom. The van der Waals surface area contributed by atoms with Gasteiger partial charge in [-0.3, -0.25) is 10.1 Å². The molecule has 2 aromatic rings. The van der Waals surface area contributed by atoms with Gasteiger partial charge in [0, 0.05) is 12.1 Å². The molecule has 1 aliphatic carbocycles. The van der Waals surface area contributed by atoms with Crippen molar-refractivity contribution in [3.05, 3.63) is 51.6 Å². The number of nitro benzene ring substituents is 1. The zero-order chi connectivity index (χ0) is 10.4. The SMILES string of the molecule is O=[N+]([O-])c1cc2c3c(cccc3c1)CC2. The molecule has 15 heavy (non-hydrogen) atoms. The third-order valence-corrected chi connectivity index (χ3v) is 3.00. The molecule has 3 heteroatoms. The van der Waals surface area contributed by atoms with Crippen molar-refractivity contribution in [1.29, 1.82) is 0 Å². The number of nitrogens with zero attached hydrogens (tertiary/aromatic N) is 1. The summed E-state index contributed by atoms with van der Waals surface area (Å²) in [6.45, 7) is 0. The van der Waals surface area contributed by atoms with Crippen LogP contribution in [0.15, 0.2) is 30.3 Å². The van der Waals surface area contributed by atoms with Gasteiger partial charge < -0.3 is 0 Å². The maximum Gasteiger partial charge on any atom is 0.270 e. The van der Waals surface area contributed by atoms with Crippen LogP contribution in [0.25, 0.3) is 10.8 Å². The summed E-state index contributed by atoms with van der Waals surface area (Å²) in [5.41, 5.74) is 2.64. The first-order valence-corrected chi connectivity index (χ1v) is 4.94. The summed E-state index contributed by atoms with van der Waals surface area (Å²) in [4.78, 5) is 10.4. The standard InChI is InChI=1S/C12H9NO2/c14-13(15)11-6-9-3-1-2-8-4-5-10(7-11)12(8)9/h1-3,6-7H,4-5H2. The maximum absolute atomic E-state index is 10.7. The van der Waals surface area contributed by atoms with Crippen LogP contribution in [-0.2, 0) is 12.8 Å². The molecule has 2 aromatic carbocycles. The first-order valence-electron chi connectivity index (χ1n) is 4.94. The topological polar surface area (TPSA) is 43.1 Å². The molecule has 0 fully saturated rings. The molecule has 0 atom stereocenters. The van der Waals surface area contributed by atoms with Gasteiger partial charge in [-0.05, 0) is 34.7 Å². The third-order valence-electron chi connectivity index (χ3n) is 3.00. The lowest BCUT2D eigenvalue weighted by molar-refractivity contribution is -0.384. The van der Waals surface area contributed by atoms with E-state index in [1.54, 1.807) is 12.1 Å². The fraction of sp³-hybridized carbons (Fsp3) is 0.167. The first kappa shape index (κ1) is 8.41. The fourth-order valence-electron chi connectivity index (χ4n) is 2.36. The Labute approximate surface area is 86.5 Å². The fourth-order valence-corrected chi connectivity index (χ4v) is 2.36. The van der Waals surface area contributed by atoms with Crippen molar-refractivity contribution in [3.8, 4) is 0 Å². The van der Waals surface area contributed by atoms with Crippen LogP contribution in [0, 0.1) is 10.1 Å². The number of hydrogen-bond donors (Lipinski definition) is 0. The van der Waals surface area contributed by atoms with E-state index in [0.29, 0.717) is 0 Å². The Kier molecular flexibility index (Phi) is 1.57. The van der Waals surface area contributed by atoms with Gasteiger partial charge in [0.05, 0.1) is 4.92 Å². The second-order valence-corrected chi connectivity index (χ2v) is 3.88. The van der Waals surface area contributed by atoms with E-state index in [4.69, 9.17) is 0 Å². The quantitative estimate of drug-likeness (QED) is 0.523. The van der Waals surface area contributed by atoms with Crippen molar-refractivity contribution in [2.75, 3.05) is 0 Å². The van der Waals surface area contributed by atoms with Crippen LogP contribution in [0.2, 0.25) is 0 Å². The summed E-state index contributed by atoms with van der Waals surface area (Å²) >= 11 is 0. The number of rotatable bonds is 1. The van der Waals surface area contributed by atoms with Gasteiger partial charge in [0.15, 0.2) is 0 Å². The molecule has 0 spiro atoms. The molecule has 0 heterocycles. The average molecular weight is 199 g/mol. The Hall–Kier alpha value is -1.90. The van der Waals surface area contributed by atoms with Gasteiger partial charge in [-0.25, -0.2) is 0 Å². The highest BCUT2D eigenvalue weighted by atomic mass is 16.6. The largest absolute Gasteiger partial charge is 0.270 e. The molecule has 0 unspecified atom stereocenters. The van der Waals surface area contributed by atoms with Crippen molar-refractivity contribution in [3.63, 3.8) is 0 Å². The van der Waals surface area contributed by atoms with E-state index in [9.17, 15) is 10.1 Å². The molecule has 0 aliphatic heterocycles. The molecule has 0 saturated heterocycles. The Morgan fingerprint density at radius 2 is 1.93 bits per heavy atom. The lowest BCUT2D eigenvalue weighted by atomic mass is 10.0. The van der Waals surface area contributed by atoms with Crippen LogP contribution in [-0.4, -0.2) is 4.92 Å². The molecule has 74 valence electrons. The van der Waals surface area contributed by atoms with Crippen molar-refractivity contribution >= 4 is 16.5 Å². The molecule has 1 aliphatic rings. The van der Waals surface area contributed by atoms with Gasteiger partial charge in [-0.15, -0.1) is 0 Å². The average Bonchev–Trinajstić information content (AvgIpc) is 2.64. The second kappa shape index (κ2) is 2.79. The number of benzene rings is 2. The van der Waals surface area contributed by atoms with Gasteiger partial charge in [-0.2, -0.15) is 0 Å². The minimum Gasteiger partial charge on any atom is -0.258 e. The van der Waals surface area contributed by atoms with E-state index in [1.807, 2.05) is 12.1 Å². The lowest BCUT2D eigenvalue weighted by Gasteiger charge is -2.01. The van der Waals surface area contributed by atoms with Crippen LogP contribution >= 0.6 is 0 Å². The Balaban J connectivity index is 2.41. The van der Waals surface area contributed by atoms with Gasteiger partial charge in [0.1, 0.15) is 0 Å². The van der Waals surface area contributed by atoms with E-state index in [-0.39, 0.29) is 10.6 Å². The highest BCUT2D eigenvalue weighted by Gasteiger charge is 2.18. The molecule has 0 saturated carbocycles. The molecule has 0 N–H and O–H groups in total. The van der Waals surface area contributed by atoms with E-state index in [1.165, 1.54) is 10.9 Å². The van der Waals surface area contributed by atoms with Crippen molar-refractivity contribution in [2.45, 2.75) is 12.8 Å². The summed E-state index contributed by atoms with van der Waals surface area (Å²) in [6.07, 6.45) is 1.94. The summed E-state index contributed by atoms with van der Waals surface area (Å²) in [6, 6.07) is 9.38. The normalized spacial score (nSPS) is 13.3. The number of non-ortho nitro benzene ring substituents is 1. The monoisotopic (exact) mass is 199 g/mol. The van der Waals surface area contributed by atoms with Gasteiger partial charge in [0.25, 0.3) is 5.69 Å². The molecule has 3 rings (SSSR count).